The van der Waals surface area contributed by atoms with Crippen LogP contribution in [-0.4, -0.2) is 92.2 Å². The quantitative estimate of drug-likeness (QED) is 0.540. The fraction of sp³-hybridized carbons (Fsp3) is 0.778. The zero-order chi connectivity index (χ0) is 18.9. The largest absolute Gasteiger partial charge is 0.377 e. The second-order valence-electron chi connectivity index (χ2n) is 6.85. The molecule has 8 heteroatoms. The summed E-state index contributed by atoms with van der Waals surface area (Å²) in [4.78, 5) is 8.89. The molecule has 0 radical (unpaired) electrons. The third-order valence-corrected chi connectivity index (χ3v) is 4.46. The van der Waals surface area contributed by atoms with Crippen LogP contribution in [0.4, 0.5) is 0 Å². The Morgan fingerprint density at radius 1 is 1.54 bits per heavy atom. The second-order valence-corrected chi connectivity index (χ2v) is 6.85. The van der Waals surface area contributed by atoms with E-state index in [1.54, 1.807) is 0 Å². The molecule has 1 N–H and O–H groups in total. The molecule has 1 aromatic heterocycles. The summed E-state index contributed by atoms with van der Waals surface area (Å²) >= 11 is 0. The predicted molar refractivity (Wildman–Crippen MR) is 103 cm³/mol. The van der Waals surface area contributed by atoms with E-state index in [9.17, 15) is 0 Å². The van der Waals surface area contributed by atoms with Crippen LogP contribution in [0, 0.1) is 0 Å². The minimum atomic E-state index is 0.0208. The Morgan fingerprint density at radius 2 is 2.35 bits per heavy atom. The molecule has 8 nitrogen and oxygen atoms in total. The van der Waals surface area contributed by atoms with Gasteiger partial charge in [-0.05, 0) is 27.4 Å². The van der Waals surface area contributed by atoms with E-state index >= 15 is 0 Å². The minimum absolute atomic E-state index is 0.0208. The third-order valence-electron chi connectivity index (χ3n) is 4.46. The Balaban J connectivity index is 1.90. The first-order chi connectivity index (χ1) is 12.5. The van der Waals surface area contributed by atoms with Crippen LogP contribution >= 0.6 is 0 Å². The van der Waals surface area contributed by atoms with Gasteiger partial charge in [0.05, 0.1) is 25.5 Å². The van der Waals surface area contributed by atoms with Gasteiger partial charge in [-0.15, -0.1) is 0 Å². The van der Waals surface area contributed by atoms with Gasteiger partial charge in [0.2, 0.25) is 0 Å². The molecule has 1 aliphatic heterocycles. The van der Waals surface area contributed by atoms with E-state index in [4.69, 9.17) is 9.47 Å². The molecule has 148 valence electrons. The van der Waals surface area contributed by atoms with Crippen molar-refractivity contribution in [3.05, 3.63) is 18.0 Å². The molecule has 1 aromatic rings. The van der Waals surface area contributed by atoms with Crippen molar-refractivity contribution in [2.45, 2.75) is 25.6 Å². The van der Waals surface area contributed by atoms with E-state index in [1.807, 2.05) is 38.1 Å². The highest BCUT2D eigenvalue weighted by Crippen LogP contribution is 2.21. The summed E-state index contributed by atoms with van der Waals surface area (Å²) in [6.45, 7) is 6.79. The fourth-order valence-corrected chi connectivity index (χ4v) is 3.07. The molecule has 0 bridgehead atoms. The van der Waals surface area contributed by atoms with Gasteiger partial charge in [-0.1, -0.05) is 0 Å². The fourth-order valence-electron chi connectivity index (χ4n) is 3.07. The summed E-state index contributed by atoms with van der Waals surface area (Å²) in [5.74, 6) is 0.900. The molecule has 2 rings (SSSR count). The molecule has 0 amide bonds. The van der Waals surface area contributed by atoms with Crippen LogP contribution in [0.2, 0.25) is 0 Å². The topological polar surface area (TPSA) is 67.2 Å². The molecule has 0 spiro atoms. The maximum atomic E-state index is 5.92. The Kier molecular flexibility index (Phi) is 8.34. The molecule has 26 heavy (non-hydrogen) atoms. The standard InChI is InChI=1S/C18H34N6O2/c1-6-25-16(7-8-22(3)4)12-20-18(19-2)24-9-10-26-17(14-24)15-11-21-23(5)13-15/h11,13,16-17H,6-10,12,14H2,1-5H3,(H,19,20). The average Bonchev–Trinajstić information content (AvgIpc) is 3.06. The van der Waals surface area contributed by atoms with E-state index in [1.165, 1.54) is 0 Å². The van der Waals surface area contributed by atoms with Crippen molar-refractivity contribution in [1.29, 1.82) is 0 Å². The maximum absolute atomic E-state index is 5.92. The van der Waals surface area contributed by atoms with Gasteiger partial charge in [-0.3, -0.25) is 9.67 Å². The molecule has 2 unspecified atom stereocenters. The molecule has 2 atom stereocenters. The lowest BCUT2D eigenvalue weighted by molar-refractivity contribution is -0.00855. The van der Waals surface area contributed by atoms with Gasteiger partial charge < -0.3 is 24.6 Å². The van der Waals surface area contributed by atoms with Crippen molar-refractivity contribution < 1.29 is 9.47 Å². The summed E-state index contributed by atoms with van der Waals surface area (Å²) in [7, 11) is 7.92. The van der Waals surface area contributed by atoms with Crippen LogP contribution in [0.5, 0.6) is 0 Å². The van der Waals surface area contributed by atoms with Gasteiger partial charge in [-0.25, -0.2) is 0 Å². The molecule has 1 saturated heterocycles. The Bertz CT molecular complexity index is 560. The maximum Gasteiger partial charge on any atom is 0.193 e. The van der Waals surface area contributed by atoms with Crippen LogP contribution in [0.3, 0.4) is 0 Å². The zero-order valence-corrected chi connectivity index (χ0v) is 16.8. The summed E-state index contributed by atoms with van der Waals surface area (Å²) in [5, 5.41) is 7.73. The first-order valence-corrected chi connectivity index (χ1v) is 9.35. The smallest absolute Gasteiger partial charge is 0.193 e. The van der Waals surface area contributed by atoms with Crippen molar-refractivity contribution in [2.24, 2.45) is 12.0 Å². The predicted octanol–water partition coefficient (Wildman–Crippen LogP) is 0.726. The van der Waals surface area contributed by atoms with Gasteiger partial charge >= 0.3 is 0 Å². The van der Waals surface area contributed by atoms with Crippen molar-refractivity contribution in [3.63, 3.8) is 0 Å². The highest BCUT2D eigenvalue weighted by atomic mass is 16.5. The van der Waals surface area contributed by atoms with Crippen molar-refractivity contribution in [2.75, 3.05) is 60.5 Å². The minimum Gasteiger partial charge on any atom is -0.377 e. The number of guanidine groups is 1. The number of nitrogens with zero attached hydrogens (tertiary/aromatic N) is 5. The average molecular weight is 367 g/mol. The van der Waals surface area contributed by atoms with Crippen LogP contribution in [0.15, 0.2) is 17.4 Å². The number of aliphatic imine (C=N–C) groups is 1. The van der Waals surface area contributed by atoms with E-state index in [-0.39, 0.29) is 12.2 Å². The number of ether oxygens (including phenoxy) is 2. The van der Waals surface area contributed by atoms with Gasteiger partial charge in [0.25, 0.3) is 0 Å². The Labute approximate surface area is 157 Å². The Hall–Kier alpha value is -1.64. The van der Waals surface area contributed by atoms with E-state index < -0.39 is 0 Å². The SMILES string of the molecule is CCOC(CCN(C)C)CNC(=NC)N1CCOC(c2cnn(C)c2)C1. The zero-order valence-electron chi connectivity index (χ0n) is 16.8. The molecular formula is C18H34N6O2. The molecule has 0 aromatic carbocycles. The molecular weight excluding hydrogens is 332 g/mol. The molecule has 1 aliphatic rings. The third kappa shape index (κ3) is 6.26. The normalized spacial score (nSPS) is 19.8. The van der Waals surface area contributed by atoms with Gasteiger partial charge in [-0.2, -0.15) is 5.10 Å². The van der Waals surface area contributed by atoms with Crippen LogP contribution in [0.1, 0.15) is 25.0 Å². The van der Waals surface area contributed by atoms with E-state index in [0.717, 1.165) is 50.7 Å². The monoisotopic (exact) mass is 366 g/mol. The van der Waals surface area contributed by atoms with Crippen LogP contribution in [0.25, 0.3) is 0 Å². The number of hydrogen-bond donors (Lipinski definition) is 1. The van der Waals surface area contributed by atoms with E-state index in [0.29, 0.717) is 6.61 Å². The second kappa shape index (κ2) is 10.5. The summed E-state index contributed by atoms with van der Waals surface area (Å²) in [6, 6.07) is 0. The molecule has 0 aliphatic carbocycles. The summed E-state index contributed by atoms with van der Waals surface area (Å²) in [6.07, 6.45) is 5.07. The lowest BCUT2D eigenvalue weighted by Crippen LogP contribution is -2.50. The first-order valence-electron chi connectivity index (χ1n) is 9.35. The summed E-state index contributed by atoms with van der Waals surface area (Å²) in [5.41, 5.74) is 1.10. The lowest BCUT2D eigenvalue weighted by Gasteiger charge is -2.35. The highest BCUT2D eigenvalue weighted by Gasteiger charge is 2.25. The molecule has 2 heterocycles. The Morgan fingerprint density at radius 3 is 2.96 bits per heavy atom. The van der Waals surface area contributed by atoms with Gasteiger partial charge in [0.1, 0.15) is 6.10 Å². The van der Waals surface area contributed by atoms with Gasteiger partial charge in [0, 0.05) is 52.1 Å². The van der Waals surface area contributed by atoms with Crippen molar-refractivity contribution >= 4 is 5.96 Å². The number of aryl methyl sites for hydroxylation is 1. The van der Waals surface area contributed by atoms with Crippen molar-refractivity contribution in [1.82, 2.24) is 24.9 Å². The number of rotatable bonds is 8. The lowest BCUT2D eigenvalue weighted by atomic mass is 10.1. The molecule has 1 fully saturated rings. The van der Waals surface area contributed by atoms with Crippen molar-refractivity contribution in [3.8, 4) is 0 Å². The van der Waals surface area contributed by atoms with Crippen LogP contribution < -0.4 is 5.32 Å². The van der Waals surface area contributed by atoms with E-state index in [2.05, 4.69) is 39.3 Å². The number of morpholine rings is 1. The summed E-state index contributed by atoms with van der Waals surface area (Å²) < 4.78 is 13.6. The van der Waals surface area contributed by atoms with Gasteiger partial charge in [0.15, 0.2) is 5.96 Å². The number of aromatic nitrogens is 2. The molecule has 0 saturated carbocycles. The number of hydrogen-bond acceptors (Lipinski definition) is 5. The van der Waals surface area contributed by atoms with Crippen LogP contribution in [-0.2, 0) is 16.5 Å². The first kappa shape index (κ1) is 20.7. The highest BCUT2D eigenvalue weighted by molar-refractivity contribution is 5.80. The number of nitrogens with one attached hydrogen (secondary N) is 1.